The SMILES string of the molecule is O=S(=O)(Nc1cccc(-c2ccc(N3CCCCC3)nn2)c1)c1ccccc1. The molecule has 1 aliphatic heterocycles. The summed E-state index contributed by atoms with van der Waals surface area (Å²) in [6.07, 6.45) is 3.65. The molecular weight excluding hydrogens is 372 g/mol. The van der Waals surface area contributed by atoms with Crippen molar-refractivity contribution in [2.45, 2.75) is 24.2 Å². The summed E-state index contributed by atoms with van der Waals surface area (Å²) in [5.74, 6) is 0.893. The van der Waals surface area contributed by atoms with Crippen LogP contribution in [0.25, 0.3) is 11.3 Å². The third-order valence-electron chi connectivity index (χ3n) is 4.79. The van der Waals surface area contributed by atoms with Crippen LogP contribution in [0.3, 0.4) is 0 Å². The highest BCUT2D eigenvalue weighted by Gasteiger charge is 2.15. The molecule has 1 aliphatic rings. The van der Waals surface area contributed by atoms with E-state index in [4.69, 9.17) is 0 Å². The van der Waals surface area contributed by atoms with Crippen LogP contribution < -0.4 is 9.62 Å². The van der Waals surface area contributed by atoms with E-state index in [1.165, 1.54) is 19.3 Å². The van der Waals surface area contributed by atoms with E-state index in [2.05, 4.69) is 19.8 Å². The first kappa shape index (κ1) is 18.4. The quantitative estimate of drug-likeness (QED) is 0.709. The normalized spacial score (nSPS) is 14.6. The van der Waals surface area contributed by atoms with Gasteiger partial charge in [0.05, 0.1) is 10.6 Å². The van der Waals surface area contributed by atoms with E-state index in [1.807, 2.05) is 18.2 Å². The van der Waals surface area contributed by atoms with Crippen molar-refractivity contribution in [3.8, 4) is 11.3 Å². The molecule has 1 saturated heterocycles. The lowest BCUT2D eigenvalue weighted by Crippen LogP contribution is -2.30. The fourth-order valence-corrected chi connectivity index (χ4v) is 4.40. The lowest BCUT2D eigenvalue weighted by molar-refractivity contribution is 0.571. The van der Waals surface area contributed by atoms with Crippen molar-refractivity contribution in [2.24, 2.45) is 0 Å². The van der Waals surface area contributed by atoms with E-state index in [0.29, 0.717) is 11.4 Å². The van der Waals surface area contributed by atoms with Crippen molar-refractivity contribution in [1.82, 2.24) is 10.2 Å². The van der Waals surface area contributed by atoms with Gasteiger partial charge in [0.1, 0.15) is 0 Å². The molecule has 0 radical (unpaired) electrons. The number of nitrogens with one attached hydrogen (secondary N) is 1. The van der Waals surface area contributed by atoms with Gasteiger partial charge in [-0.3, -0.25) is 4.72 Å². The zero-order valence-electron chi connectivity index (χ0n) is 15.5. The van der Waals surface area contributed by atoms with E-state index in [-0.39, 0.29) is 4.90 Å². The van der Waals surface area contributed by atoms with Gasteiger partial charge in [-0.15, -0.1) is 10.2 Å². The summed E-state index contributed by atoms with van der Waals surface area (Å²) in [7, 11) is -3.63. The maximum absolute atomic E-state index is 12.5. The van der Waals surface area contributed by atoms with Crippen molar-refractivity contribution in [1.29, 1.82) is 0 Å². The van der Waals surface area contributed by atoms with E-state index in [0.717, 1.165) is 24.5 Å². The van der Waals surface area contributed by atoms with Crippen LogP contribution in [0, 0.1) is 0 Å². The number of piperidine rings is 1. The largest absolute Gasteiger partial charge is 0.355 e. The van der Waals surface area contributed by atoms with Crippen LogP contribution in [0.1, 0.15) is 19.3 Å². The Kier molecular flexibility index (Phi) is 5.25. The van der Waals surface area contributed by atoms with Crippen molar-refractivity contribution in [3.63, 3.8) is 0 Å². The topological polar surface area (TPSA) is 75.2 Å². The Bertz CT molecular complexity index is 1030. The van der Waals surface area contributed by atoms with Crippen LogP contribution in [0.15, 0.2) is 71.6 Å². The van der Waals surface area contributed by atoms with Crippen LogP contribution in [-0.2, 0) is 10.0 Å². The summed E-state index contributed by atoms with van der Waals surface area (Å²) < 4.78 is 27.7. The fraction of sp³-hybridized carbons (Fsp3) is 0.238. The van der Waals surface area contributed by atoms with Gasteiger partial charge in [-0.2, -0.15) is 0 Å². The Morgan fingerprint density at radius 1 is 0.821 bits per heavy atom. The molecule has 0 spiro atoms. The van der Waals surface area contributed by atoms with Crippen LogP contribution in [0.4, 0.5) is 11.5 Å². The Balaban J connectivity index is 1.54. The third kappa shape index (κ3) is 4.14. The molecule has 0 bridgehead atoms. The highest BCUT2D eigenvalue weighted by atomic mass is 32.2. The summed E-state index contributed by atoms with van der Waals surface area (Å²) in [6, 6.07) is 19.4. The first-order valence-electron chi connectivity index (χ1n) is 9.39. The average Bonchev–Trinajstić information content (AvgIpc) is 2.75. The standard InChI is InChI=1S/C21H22N4O2S/c26-28(27,19-10-3-1-4-11-19)24-18-9-7-8-17(16-18)20-12-13-21(23-22-20)25-14-5-2-6-15-25/h1,3-4,7-13,16,24H,2,5-6,14-15H2. The smallest absolute Gasteiger partial charge is 0.261 e. The molecule has 0 amide bonds. The van der Waals surface area contributed by atoms with E-state index in [9.17, 15) is 8.42 Å². The van der Waals surface area contributed by atoms with Gasteiger partial charge in [0.15, 0.2) is 5.82 Å². The number of hydrogen-bond acceptors (Lipinski definition) is 5. The molecule has 144 valence electrons. The van der Waals surface area contributed by atoms with Gasteiger partial charge in [0.25, 0.3) is 10.0 Å². The summed E-state index contributed by atoms with van der Waals surface area (Å²) in [6.45, 7) is 2.04. The van der Waals surface area contributed by atoms with Crippen LogP contribution in [0.5, 0.6) is 0 Å². The average molecular weight is 395 g/mol. The van der Waals surface area contributed by atoms with Crippen LogP contribution in [-0.4, -0.2) is 31.7 Å². The zero-order chi connectivity index (χ0) is 19.4. The number of rotatable bonds is 5. The van der Waals surface area contributed by atoms with Gasteiger partial charge in [-0.05, 0) is 55.7 Å². The van der Waals surface area contributed by atoms with Crippen LogP contribution >= 0.6 is 0 Å². The first-order chi connectivity index (χ1) is 13.6. The zero-order valence-corrected chi connectivity index (χ0v) is 16.3. The predicted octanol–water partition coefficient (Wildman–Crippen LogP) is 3.93. The Morgan fingerprint density at radius 2 is 1.61 bits per heavy atom. The molecule has 0 saturated carbocycles. The van der Waals surface area contributed by atoms with E-state index in [1.54, 1.807) is 48.5 Å². The van der Waals surface area contributed by atoms with Gasteiger partial charge in [-0.1, -0.05) is 30.3 Å². The van der Waals surface area contributed by atoms with Gasteiger partial charge >= 0.3 is 0 Å². The summed E-state index contributed by atoms with van der Waals surface area (Å²) >= 11 is 0. The number of aromatic nitrogens is 2. The molecule has 3 aromatic rings. The molecule has 1 aromatic heterocycles. The molecule has 1 N–H and O–H groups in total. The minimum atomic E-state index is -3.63. The highest BCUT2D eigenvalue weighted by molar-refractivity contribution is 7.92. The van der Waals surface area contributed by atoms with Crippen molar-refractivity contribution in [2.75, 3.05) is 22.7 Å². The molecule has 7 heteroatoms. The highest BCUT2D eigenvalue weighted by Crippen LogP contribution is 2.24. The Morgan fingerprint density at radius 3 is 2.32 bits per heavy atom. The molecule has 0 unspecified atom stereocenters. The lowest BCUT2D eigenvalue weighted by Gasteiger charge is -2.27. The molecule has 0 atom stereocenters. The number of sulfonamides is 1. The predicted molar refractivity (Wildman–Crippen MR) is 111 cm³/mol. The van der Waals surface area contributed by atoms with E-state index < -0.39 is 10.0 Å². The molecule has 28 heavy (non-hydrogen) atoms. The summed E-state index contributed by atoms with van der Waals surface area (Å²) in [4.78, 5) is 2.48. The van der Waals surface area contributed by atoms with Crippen molar-refractivity contribution < 1.29 is 8.42 Å². The minimum absolute atomic E-state index is 0.228. The number of benzene rings is 2. The lowest BCUT2D eigenvalue weighted by atomic mass is 10.1. The monoisotopic (exact) mass is 394 g/mol. The maximum Gasteiger partial charge on any atom is 0.261 e. The molecular formula is C21H22N4O2S. The Labute approximate surface area is 165 Å². The van der Waals surface area contributed by atoms with Gasteiger partial charge in [0.2, 0.25) is 0 Å². The minimum Gasteiger partial charge on any atom is -0.355 e. The fourth-order valence-electron chi connectivity index (χ4n) is 3.33. The second-order valence-corrected chi connectivity index (χ2v) is 8.51. The molecule has 6 nitrogen and oxygen atoms in total. The molecule has 4 rings (SSSR count). The van der Waals surface area contributed by atoms with Gasteiger partial charge in [0, 0.05) is 24.3 Å². The number of hydrogen-bond donors (Lipinski definition) is 1. The van der Waals surface area contributed by atoms with Gasteiger partial charge in [-0.25, -0.2) is 8.42 Å². The number of anilines is 2. The molecule has 0 aliphatic carbocycles. The van der Waals surface area contributed by atoms with Crippen molar-refractivity contribution >= 4 is 21.5 Å². The van der Waals surface area contributed by atoms with Gasteiger partial charge < -0.3 is 4.90 Å². The molecule has 2 heterocycles. The Hall–Kier alpha value is -2.93. The maximum atomic E-state index is 12.5. The second-order valence-electron chi connectivity index (χ2n) is 6.82. The molecule has 1 fully saturated rings. The number of nitrogens with zero attached hydrogens (tertiary/aromatic N) is 3. The second kappa shape index (κ2) is 7.98. The first-order valence-corrected chi connectivity index (χ1v) is 10.9. The van der Waals surface area contributed by atoms with Crippen LogP contribution in [0.2, 0.25) is 0 Å². The molecule has 2 aromatic carbocycles. The van der Waals surface area contributed by atoms with E-state index >= 15 is 0 Å². The van der Waals surface area contributed by atoms with Crippen molar-refractivity contribution in [3.05, 3.63) is 66.7 Å². The summed E-state index contributed by atoms with van der Waals surface area (Å²) in [5.41, 5.74) is 2.01. The third-order valence-corrected chi connectivity index (χ3v) is 6.19. The summed E-state index contributed by atoms with van der Waals surface area (Å²) in [5, 5.41) is 8.72.